The van der Waals surface area contributed by atoms with Crippen LogP contribution in [-0.4, -0.2) is 4.98 Å². The van der Waals surface area contributed by atoms with E-state index in [1.165, 1.54) is 11.1 Å². The number of nitrogens with zero attached hydrogens (tertiary/aromatic N) is 2. The average Bonchev–Trinajstić information content (AvgIpc) is 3.02. The summed E-state index contributed by atoms with van der Waals surface area (Å²) in [5, 5.41) is 0. The molecule has 1 aliphatic rings. The van der Waals surface area contributed by atoms with Gasteiger partial charge < -0.3 is 9.32 Å². The summed E-state index contributed by atoms with van der Waals surface area (Å²) in [5.41, 5.74) is 4.49. The first-order valence-corrected chi connectivity index (χ1v) is 6.07. The Morgan fingerprint density at radius 3 is 2.28 bits per heavy atom. The number of fused-ring (bicyclic) bond motifs is 2. The Morgan fingerprint density at radius 1 is 0.889 bits per heavy atom. The Morgan fingerprint density at radius 2 is 1.56 bits per heavy atom. The van der Waals surface area contributed by atoms with Gasteiger partial charge in [-0.3, -0.25) is 0 Å². The summed E-state index contributed by atoms with van der Waals surface area (Å²) in [6.07, 6.45) is 0. The number of hydrogen-bond donors (Lipinski definition) is 0. The summed E-state index contributed by atoms with van der Waals surface area (Å²) in [7, 11) is 0. The molecule has 0 amide bonds. The zero-order valence-electron chi connectivity index (χ0n) is 9.84. The Balaban J connectivity index is 1.73. The van der Waals surface area contributed by atoms with Crippen LogP contribution in [0.5, 0.6) is 0 Å². The van der Waals surface area contributed by atoms with Crippen LogP contribution in [-0.2, 0) is 13.1 Å². The van der Waals surface area contributed by atoms with Gasteiger partial charge in [0.05, 0.1) is 0 Å². The van der Waals surface area contributed by atoms with E-state index in [1.54, 1.807) is 0 Å². The smallest absolute Gasteiger partial charge is 0.298 e. The quantitative estimate of drug-likeness (QED) is 0.649. The highest BCUT2D eigenvalue weighted by Gasteiger charge is 2.22. The van der Waals surface area contributed by atoms with Gasteiger partial charge in [0.2, 0.25) is 0 Å². The molecule has 3 heteroatoms. The molecule has 0 saturated carbocycles. The van der Waals surface area contributed by atoms with Crippen molar-refractivity contribution in [3.63, 3.8) is 0 Å². The Bertz CT molecular complexity index is 659. The maximum Gasteiger partial charge on any atom is 0.298 e. The minimum atomic E-state index is 0.715. The van der Waals surface area contributed by atoms with Crippen molar-refractivity contribution in [3.05, 3.63) is 59.7 Å². The molecule has 0 saturated heterocycles. The monoisotopic (exact) mass is 236 g/mol. The van der Waals surface area contributed by atoms with Gasteiger partial charge in [-0.25, -0.2) is 0 Å². The van der Waals surface area contributed by atoms with Crippen LogP contribution < -0.4 is 4.90 Å². The molecule has 0 N–H and O–H groups in total. The number of para-hydroxylation sites is 2. The second kappa shape index (κ2) is 3.60. The topological polar surface area (TPSA) is 29.3 Å². The largest absolute Gasteiger partial charge is 0.423 e. The molecular formula is C15H12N2O. The third-order valence-electron chi connectivity index (χ3n) is 3.39. The van der Waals surface area contributed by atoms with Gasteiger partial charge in [0.25, 0.3) is 6.01 Å². The third kappa shape index (κ3) is 1.40. The SMILES string of the molecule is c1ccc2c(c1)CN(c1nc3ccccc3o1)C2. The van der Waals surface area contributed by atoms with E-state index >= 15 is 0 Å². The fourth-order valence-electron chi connectivity index (χ4n) is 2.46. The maximum absolute atomic E-state index is 5.80. The fraction of sp³-hybridized carbons (Fsp3) is 0.133. The van der Waals surface area contributed by atoms with Crippen LogP contribution in [0.15, 0.2) is 52.9 Å². The van der Waals surface area contributed by atoms with E-state index < -0.39 is 0 Å². The molecule has 3 nitrogen and oxygen atoms in total. The van der Waals surface area contributed by atoms with Crippen LogP contribution in [0.3, 0.4) is 0 Å². The summed E-state index contributed by atoms with van der Waals surface area (Å²) >= 11 is 0. The molecule has 0 spiro atoms. The van der Waals surface area contributed by atoms with E-state index in [-0.39, 0.29) is 0 Å². The van der Waals surface area contributed by atoms with Crippen LogP contribution >= 0.6 is 0 Å². The Kier molecular flexibility index (Phi) is 1.94. The van der Waals surface area contributed by atoms with Gasteiger partial charge in [0, 0.05) is 13.1 Å². The lowest BCUT2D eigenvalue weighted by Crippen LogP contribution is -2.14. The lowest BCUT2D eigenvalue weighted by molar-refractivity contribution is 0.573. The van der Waals surface area contributed by atoms with Crippen LogP contribution in [0, 0.1) is 0 Å². The Labute approximate surface area is 105 Å². The lowest BCUT2D eigenvalue weighted by Gasteiger charge is -2.10. The summed E-state index contributed by atoms with van der Waals surface area (Å²) in [5.74, 6) is 0. The summed E-state index contributed by atoms with van der Waals surface area (Å²) < 4.78 is 5.80. The van der Waals surface area contributed by atoms with E-state index in [2.05, 4.69) is 34.1 Å². The van der Waals surface area contributed by atoms with Gasteiger partial charge in [0.15, 0.2) is 5.58 Å². The molecule has 2 heterocycles. The van der Waals surface area contributed by atoms with Gasteiger partial charge in [-0.2, -0.15) is 4.98 Å². The molecule has 0 aliphatic carbocycles. The average molecular weight is 236 g/mol. The highest BCUT2D eigenvalue weighted by Crippen LogP contribution is 2.29. The number of benzene rings is 2. The molecule has 2 aromatic carbocycles. The van der Waals surface area contributed by atoms with Crippen molar-refractivity contribution in [2.75, 3.05) is 4.90 Å². The second-order valence-corrected chi connectivity index (χ2v) is 4.59. The molecule has 88 valence electrons. The molecule has 0 fully saturated rings. The van der Waals surface area contributed by atoms with Crippen molar-refractivity contribution in [3.8, 4) is 0 Å². The first-order valence-electron chi connectivity index (χ1n) is 6.07. The number of oxazole rings is 1. The number of hydrogen-bond acceptors (Lipinski definition) is 3. The molecule has 0 bridgehead atoms. The fourth-order valence-corrected chi connectivity index (χ4v) is 2.46. The van der Waals surface area contributed by atoms with Crippen molar-refractivity contribution in [1.82, 2.24) is 4.98 Å². The van der Waals surface area contributed by atoms with E-state index in [4.69, 9.17) is 4.42 Å². The third-order valence-corrected chi connectivity index (χ3v) is 3.39. The highest BCUT2D eigenvalue weighted by molar-refractivity contribution is 5.74. The van der Waals surface area contributed by atoms with Crippen LogP contribution in [0.1, 0.15) is 11.1 Å². The number of rotatable bonds is 1. The minimum Gasteiger partial charge on any atom is -0.423 e. The van der Waals surface area contributed by atoms with Crippen molar-refractivity contribution in [2.24, 2.45) is 0 Å². The van der Waals surface area contributed by atoms with Crippen molar-refractivity contribution < 1.29 is 4.42 Å². The van der Waals surface area contributed by atoms with Crippen LogP contribution in [0.2, 0.25) is 0 Å². The molecule has 4 rings (SSSR count). The molecular weight excluding hydrogens is 224 g/mol. The van der Waals surface area contributed by atoms with Gasteiger partial charge in [-0.15, -0.1) is 0 Å². The van der Waals surface area contributed by atoms with Gasteiger partial charge in [0.1, 0.15) is 5.52 Å². The van der Waals surface area contributed by atoms with Crippen LogP contribution in [0.25, 0.3) is 11.1 Å². The molecule has 1 aromatic heterocycles. The summed E-state index contributed by atoms with van der Waals surface area (Å²) in [6, 6.07) is 17.1. The number of anilines is 1. The molecule has 0 unspecified atom stereocenters. The maximum atomic E-state index is 5.80. The van der Waals surface area contributed by atoms with Crippen molar-refractivity contribution >= 4 is 17.1 Å². The molecule has 0 radical (unpaired) electrons. The van der Waals surface area contributed by atoms with Gasteiger partial charge in [-0.1, -0.05) is 36.4 Å². The normalized spacial score (nSPS) is 14.1. The van der Waals surface area contributed by atoms with E-state index in [9.17, 15) is 0 Å². The predicted molar refractivity (Wildman–Crippen MR) is 70.3 cm³/mol. The molecule has 3 aromatic rings. The molecule has 1 aliphatic heterocycles. The van der Waals surface area contributed by atoms with Crippen LogP contribution in [0.4, 0.5) is 6.01 Å². The first-order chi connectivity index (χ1) is 8.90. The first kappa shape index (κ1) is 9.71. The zero-order chi connectivity index (χ0) is 11.9. The summed E-state index contributed by atoms with van der Waals surface area (Å²) in [4.78, 5) is 6.71. The Hall–Kier alpha value is -2.29. The van der Waals surface area contributed by atoms with Crippen molar-refractivity contribution in [1.29, 1.82) is 0 Å². The van der Waals surface area contributed by atoms with Gasteiger partial charge >= 0.3 is 0 Å². The molecule has 18 heavy (non-hydrogen) atoms. The van der Waals surface area contributed by atoms with Crippen molar-refractivity contribution in [2.45, 2.75) is 13.1 Å². The van der Waals surface area contributed by atoms with E-state index in [0.29, 0.717) is 6.01 Å². The standard InChI is InChI=1S/C15H12N2O/c1-2-6-12-10-17(9-11(12)5-1)15-16-13-7-3-4-8-14(13)18-15/h1-8H,9-10H2. The second-order valence-electron chi connectivity index (χ2n) is 4.59. The van der Waals surface area contributed by atoms with Gasteiger partial charge in [-0.05, 0) is 23.3 Å². The highest BCUT2D eigenvalue weighted by atomic mass is 16.4. The van der Waals surface area contributed by atoms with E-state index in [1.807, 2.05) is 24.3 Å². The lowest BCUT2D eigenvalue weighted by atomic mass is 10.1. The number of aromatic nitrogens is 1. The van der Waals surface area contributed by atoms with E-state index in [0.717, 1.165) is 24.2 Å². The zero-order valence-corrected chi connectivity index (χ0v) is 9.84. The predicted octanol–water partition coefficient (Wildman–Crippen LogP) is 3.35. The summed E-state index contributed by atoms with van der Waals surface area (Å²) in [6.45, 7) is 1.76. The molecule has 0 atom stereocenters. The minimum absolute atomic E-state index is 0.715.